The first kappa shape index (κ1) is 14.9. The van der Waals surface area contributed by atoms with Gasteiger partial charge in [-0.25, -0.2) is 14.4 Å². The molecule has 0 aromatic carbocycles. The maximum Gasteiger partial charge on any atom is 0.342 e. The third-order valence-corrected chi connectivity index (χ3v) is 2.27. The van der Waals surface area contributed by atoms with Gasteiger partial charge < -0.3 is 13.9 Å². The highest BCUT2D eigenvalue weighted by Gasteiger charge is 2.24. The van der Waals surface area contributed by atoms with E-state index < -0.39 is 17.6 Å². The molecule has 1 rings (SSSR count). The van der Waals surface area contributed by atoms with Gasteiger partial charge in [0.25, 0.3) is 0 Å². The van der Waals surface area contributed by atoms with E-state index in [9.17, 15) is 14.4 Å². The molecule has 0 aliphatic heterocycles. The quantitative estimate of drug-likeness (QED) is 0.756. The molecule has 0 N–H and O–H groups in total. The van der Waals surface area contributed by atoms with E-state index >= 15 is 0 Å². The summed E-state index contributed by atoms with van der Waals surface area (Å²) in [5.74, 6) is -1.41. The summed E-state index contributed by atoms with van der Waals surface area (Å²) >= 11 is 0. The summed E-state index contributed by atoms with van der Waals surface area (Å²) < 4.78 is 14.6. The lowest BCUT2D eigenvalue weighted by Gasteiger charge is -2.09. The van der Waals surface area contributed by atoms with Gasteiger partial charge in [-0.05, 0) is 20.3 Å². The Morgan fingerprint density at radius 3 is 2.47 bits per heavy atom. The van der Waals surface area contributed by atoms with E-state index in [1.807, 2.05) is 6.92 Å². The fourth-order valence-corrected chi connectivity index (χ4v) is 1.50. The first-order valence-electron chi connectivity index (χ1n) is 6.00. The Morgan fingerprint density at radius 2 is 1.89 bits per heavy atom. The van der Waals surface area contributed by atoms with Crippen LogP contribution in [0.25, 0.3) is 0 Å². The van der Waals surface area contributed by atoms with E-state index in [-0.39, 0.29) is 30.1 Å². The van der Waals surface area contributed by atoms with E-state index in [0.29, 0.717) is 6.42 Å². The second-order valence-electron chi connectivity index (χ2n) is 3.77. The first-order valence-corrected chi connectivity index (χ1v) is 6.00. The summed E-state index contributed by atoms with van der Waals surface area (Å²) in [5.41, 5.74) is -0.905. The van der Waals surface area contributed by atoms with Gasteiger partial charge in [-0.15, -0.1) is 0 Å². The number of carbonyl (C=O) groups is 2. The van der Waals surface area contributed by atoms with E-state index in [1.54, 1.807) is 6.92 Å². The maximum absolute atomic E-state index is 11.8. The average Bonchev–Trinajstić information content (AvgIpc) is 2.35. The number of aryl methyl sites for hydroxylation is 1. The lowest BCUT2D eigenvalue weighted by atomic mass is 10.1. The predicted octanol–water partition coefficient (Wildman–Crippen LogP) is 1.69. The van der Waals surface area contributed by atoms with Crippen LogP contribution >= 0.6 is 0 Å². The van der Waals surface area contributed by atoms with Crippen molar-refractivity contribution in [2.75, 3.05) is 13.2 Å². The molecule has 1 aromatic rings. The molecule has 0 radical (unpaired) electrons. The molecule has 0 fully saturated rings. The number of rotatable bonds is 5. The van der Waals surface area contributed by atoms with Crippen LogP contribution in [0.3, 0.4) is 0 Å². The highest BCUT2D eigenvalue weighted by Crippen LogP contribution is 2.15. The van der Waals surface area contributed by atoms with Crippen molar-refractivity contribution < 1.29 is 23.5 Å². The van der Waals surface area contributed by atoms with Crippen molar-refractivity contribution in [3.05, 3.63) is 33.4 Å². The minimum atomic E-state index is -0.735. The van der Waals surface area contributed by atoms with Crippen LogP contribution in [0.1, 0.15) is 46.7 Å². The Kier molecular flexibility index (Phi) is 5.29. The Balaban J connectivity index is 3.24. The van der Waals surface area contributed by atoms with E-state index in [4.69, 9.17) is 13.9 Å². The Morgan fingerprint density at radius 1 is 1.21 bits per heavy atom. The Labute approximate surface area is 110 Å². The minimum absolute atomic E-state index is 0.0365. The van der Waals surface area contributed by atoms with Crippen molar-refractivity contribution in [1.29, 1.82) is 0 Å². The zero-order valence-corrected chi connectivity index (χ0v) is 11.1. The van der Waals surface area contributed by atoms with Crippen molar-refractivity contribution in [2.45, 2.75) is 27.2 Å². The zero-order valence-electron chi connectivity index (χ0n) is 11.1. The predicted molar refractivity (Wildman–Crippen MR) is 66.2 cm³/mol. The Hall–Kier alpha value is -2.11. The molecule has 0 aliphatic rings. The van der Waals surface area contributed by atoms with Crippen LogP contribution in [-0.4, -0.2) is 25.2 Å². The molecule has 0 aliphatic carbocycles. The summed E-state index contributed by atoms with van der Waals surface area (Å²) in [4.78, 5) is 34.9. The molecule has 0 unspecified atom stereocenters. The van der Waals surface area contributed by atoms with Gasteiger partial charge in [0.2, 0.25) is 0 Å². The van der Waals surface area contributed by atoms with Gasteiger partial charge in [0.05, 0.1) is 18.8 Å². The SMILES string of the molecule is CCCOC(=O)c1cc(=O)oc(C)c1C(=O)OCC. The molecule has 0 saturated carbocycles. The summed E-state index contributed by atoms with van der Waals surface area (Å²) in [5, 5.41) is 0. The molecule has 104 valence electrons. The summed E-state index contributed by atoms with van der Waals surface area (Å²) in [7, 11) is 0. The number of hydrogen-bond donors (Lipinski definition) is 0. The Bertz CT molecular complexity index is 528. The average molecular weight is 268 g/mol. The first-order chi connectivity index (χ1) is 9.01. The number of ether oxygens (including phenoxy) is 2. The van der Waals surface area contributed by atoms with Gasteiger partial charge in [0.1, 0.15) is 11.3 Å². The molecular weight excluding hydrogens is 252 g/mol. The molecule has 1 aromatic heterocycles. The summed E-state index contributed by atoms with van der Waals surface area (Å²) in [6.45, 7) is 5.26. The largest absolute Gasteiger partial charge is 0.462 e. The van der Waals surface area contributed by atoms with Gasteiger partial charge in [0.15, 0.2) is 0 Å². The molecule has 1 heterocycles. The molecule has 6 heteroatoms. The van der Waals surface area contributed by atoms with Crippen LogP contribution in [0.5, 0.6) is 0 Å². The fourth-order valence-electron chi connectivity index (χ4n) is 1.50. The van der Waals surface area contributed by atoms with E-state index in [2.05, 4.69) is 0 Å². The smallest absolute Gasteiger partial charge is 0.342 e. The van der Waals surface area contributed by atoms with Crippen molar-refractivity contribution in [3.63, 3.8) is 0 Å². The van der Waals surface area contributed by atoms with Crippen molar-refractivity contribution in [1.82, 2.24) is 0 Å². The van der Waals surface area contributed by atoms with Gasteiger partial charge in [-0.2, -0.15) is 0 Å². The monoisotopic (exact) mass is 268 g/mol. The molecule has 6 nitrogen and oxygen atoms in total. The standard InChI is InChI=1S/C13H16O6/c1-4-6-18-12(15)9-7-10(14)19-8(3)11(9)13(16)17-5-2/h7H,4-6H2,1-3H3. The van der Waals surface area contributed by atoms with Crippen molar-refractivity contribution in [2.24, 2.45) is 0 Å². The van der Waals surface area contributed by atoms with Crippen LogP contribution in [0, 0.1) is 6.92 Å². The van der Waals surface area contributed by atoms with E-state index in [0.717, 1.165) is 6.07 Å². The second kappa shape index (κ2) is 6.72. The summed E-state index contributed by atoms with van der Waals surface area (Å²) in [6, 6.07) is 0.942. The maximum atomic E-state index is 11.8. The summed E-state index contributed by atoms with van der Waals surface area (Å²) in [6.07, 6.45) is 0.640. The van der Waals surface area contributed by atoms with E-state index in [1.165, 1.54) is 6.92 Å². The highest BCUT2D eigenvalue weighted by atomic mass is 16.5. The van der Waals surface area contributed by atoms with Gasteiger partial charge in [-0.3, -0.25) is 0 Å². The zero-order chi connectivity index (χ0) is 14.4. The molecular formula is C13H16O6. The van der Waals surface area contributed by atoms with Crippen molar-refractivity contribution >= 4 is 11.9 Å². The van der Waals surface area contributed by atoms with Crippen LogP contribution in [-0.2, 0) is 9.47 Å². The van der Waals surface area contributed by atoms with Crippen molar-refractivity contribution in [3.8, 4) is 0 Å². The second-order valence-corrected chi connectivity index (χ2v) is 3.77. The molecule has 0 saturated heterocycles. The van der Waals surface area contributed by atoms with Crippen LogP contribution in [0.2, 0.25) is 0 Å². The molecule has 0 bridgehead atoms. The molecule has 0 spiro atoms. The third kappa shape index (κ3) is 3.67. The third-order valence-electron chi connectivity index (χ3n) is 2.27. The number of hydrogen-bond acceptors (Lipinski definition) is 6. The highest BCUT2D eigenvalue weighted by molar-refractivity contribution is 6.03. The number of esters is 2. The van der Waals surface area contributed by atoms with Crippen LogP contribution in [0.4, 0.5) is 0 Å². The normalized spacial score (nSPS) is 10.1. The molecule has 0 atom stereocenters. The lowest BCUT2D eigenvalue weighted by molar-refractivity contribution is 0.0462. The number of carbonyl (C=O) groups excluding carboxylic acids is 2. The van der Waals surface area contributed by atoms with Gasteiger partial charge in [0, 0.05) is 6.07 Å². The lowest BCUT2D eigenvalue weighted by Crippen LogP contribution is -2.19. The molecule has 0 amide bonds. The van der Waals surface area contributed by atoms with Gasteiger partial charge in [-0.1, -0.05) is 6.92 Å². The van der Waals surface area contributed by atoms with Gasteiger partial charge >= 0.3 is 17.6 Å². The minimum Gasteiger partial charge on any atom is -0.462 e. The van der Waals surface area contributed by atoms with Crippen LogP contribution < -0.4 is 5.63 Å². The topological polar surface area (TPSA) is 82.8 Å². The molecule has 19 heavy (non-hydrogen) atoms. The van der Waals surface area contributed by atoms with Crippen LogP contribution in [0.15, 0.2) is 15.3 Å². The fraction of sp³-hybridized carbons (Fsp3) is 0.462.